The van der Waals surface area contributed by atoms with Gasteiger partial charge in [-0.2, -0.15) is 0 Å². The Morgan fingerprint density at radius 1 is 1.19 bits per heavy atom. The van der Waals surface area contributed by atoms with Gasteiger partial charge in [-0.3, -0.25) is 9.59 Å². The molecule has 0 saturated heterocycles. The van der Waals surface area contributed by atoms with E-state index in [9.17, 15) is 9.59 Å². The second-order valence-corrected chi connectivity index (χ2v) is 6.06. The van der Waals surface area contributed by atoms with Crippen molar-refractivity contribution in [2.45, 2.75) is 45.4 Å². The van der Waals surface area contributed by atoms with Crippen LogP contribution in [0.3, 0.4) is 0 Å². The van der Waals surface area contributed by atoms with Gasteiger partial charge in [0.05, 0.1) is 11.4 Å². The van der Waals surface area contributed by atoms with Crippen LogP contribution in [0.4, 0.5) is 11.4 Å². The van der Waals surface area contributed by atoms with Crippen molar-refractivity contribution in [3.63, 3.8) is 0 Å². The summed E-state index contributed by atoms with van der Waals surface area (Å²) in [6.07, 6.45) is 6.36. The SMILES string of the molecule is CC(=O)N1CCc2cccc(NC(=O)C3CCCCC3)c21. The minimum atomic E-state index is 0.0353. The molecular formula is C17H22N2O2. The largest absolute Gasteiger partial charge is 0.324 e. The van der Waals surface area contributed by atoms with Crippen molar-refractivity contribution >= 4 is 23.2 Å². The van der Waals surface area contributed by atoms with Gasteiger partial charge < -0.3 is 10.2 Å². The Labute approximate surface area is 125 Å². The number of fused-ring (bicyclic) bond motifs is 1. The summed E-state index contributed by atoms with van der Waals surface area (Å²) in [6.45, 7) is 2.29. The summed E-state index contributed by atoms with van der Waals surface area (Å²) in [5.41, 5.74) is 2.83. The predicted molar refractivity (Wildman–Crippen MR) is 83.4 cm³/mol. The van der Waals surface area contributed by atoms with E-state index >= 15 is 0 Å². The molecule has 4 nitrogen and oxygen atoms in total. The van der Waals surface area contributed by atoms with E-state index in [1.54, 1.807) is 11.8 Å². The molecule has 0 aromatic heterocycles. The molecule has 2 aliphatic rings. The molecule has 0 bridgehead atoms. The van der Waals surface area contributed by atoms with Gasteiger partial charge in [-0.15, -0.1) is 0 Å². The number of hydrogen-bond acceptors (Lipinski definition) is 2. The van der Waals surface area contributed by atoms with Crippen molar-refractivity contribution in [1.29, 1.82) is 0 Å². The van der Waals surface area contributed by atoms with Crippen LogP contribution in [0.1, 0.15) is 44.6 Å². The molecule has 1 saturated carbocycles. The molecule has 3 rings (SSSR count). The van der Waals surface area contributed by atoms with Gasteiger partial charge in [0.1, 0.15) is 0 Å². The van der Waals surface area contributed by atoms with Gasteiger partial charge in [-0.05, 0) is 30.9 Å². The van der Waals surface area contributed by atoms with E-state index in [2.05, 4.69) is 5.32 Å². The third-order valence-corrected chi connectivity index (χ3v) is 4.61. The molecule has 112 valence electrons. The molecule has 1 N–H and O–H groups in total. The van der Waals surface area contributed by atoms with E-state index in [-0.39, 0.29) is 17.7 Å². The van der Waals surface area contributed by atoms with Crippen molar-refractivity contribution in [2.24, 2.45) is 5.92 Å². The highest BCUT2D eigenvalue weighted by Crippen LogP contribution is 2.36. The molecule has 1 aliphatic heterocycles. The molecule has 4 heteroatoms. The number of carbonyl (C=O) groups excluding carboxylic acids is 2. The number of hydrogen-bond donors (Lipinski definition) is 1. The molecule has 1 heterocycles. The highest BCUT2D eigenvalue weighted by atomic mass is 16.2. The van der Waals surface area contributed by atoms with E-state index in [1.807, 2.05) is 18.2 Å². The summed E-state index contributed by atoms with van der Waals surface area (Å²) in [5.74, 6) is 0.272. The lowest BCUT2D eigenvalue weighted by Gasteiger charge is -2.23. The van der Waals surface area contributed by atoms with Gasteiger partial charge in [-0.25, -0.2) is 0 Å². The molecule has 1 fully saturated rings. The lowest BCUT2D eigenvalue weighted by atomic mass is 9.88. The first-order valence-corrected chi connectivity index (χ1v) is 7.87. The van der Waals surface area contributed by atoms with Gasteiger partial charge in [0.15, 0.2) is 0 Å². The third-order valence-electron chi connectivity index (χ3n) is 4.61. The Hall–Kier alpha value is -1.84. The van der Waals surface area contributed by atoms with E-state index in [4.69, 9.17) is 0 Å². The number of nitrogens with zero attached hydrogens (tertiary/aromatic N) is 1. The maximum atomic E-state index is 12.4. The highest BCUT2D eigenvalue weighted by molar-refractivity contribution is 6.02. The number of rotatable bonds is 2. The van der Waals surface area contributed by atoms with Crippen molar-refractivity contribution in [2.75, 3.05) is 16.8 Å². The highest BCUT2D eigenvalue weighted by Gasteiger charge is 2.27. The number of amides is 2. The van der Waals surface area contributed by atoms with Crippen LogP contribution in [0.15, 0.2) is 18.2 Å². The molecular weight excluding hydrogens is 264 g/mol. The molecule has 0 unspecified atom stereocenters. The number of benzene rings is 1. The fraction of sp³-hybridized carbons (Fsp3) is 0.529. The van der Waals surface area contributed by atoms with Crippen LogP contribution < -0.4 is 10.2 Å². The second kappa shape index (κ2) is 5.88. The van der Waals surface area contributed by atoms with Crippen molar-refractivity contribution < 1.29 is 9.59 Å². The normalized spacial score (nSPS) is 18.4. The number of para-hydroxylation sites is 1. The first kappa shape index (κ1) is 14.1. The Morgan fingerprint density at radius 2 is 1.95 bits per heavy atom. The van der Waals surface area contributed by atoms with Crippen LogP contribution in [0.25, 0.3) is 0 Å². The minimum Gasteiger partial charge on any atom is -0.324 e. The number of carbonyl (C=O) groups is 2. The van der Waals surface area contributed by atoms with E-state index < -0.39 is 0 Å². The Kier molecular flexibility index (Phi) is 3.95. The van der Waals surface area contributed by atoms with Crippen LogP contribution in [0, 0.1) is 5.92 Å². The van der Waals surface area contributed by atoms with Gasteiger partial charge in [0, 0.05) is 19.4 Å². The lowest BCUT2D eigenvalue weighted by Crippen LogP contribution is -2.29. The fourth-order valence-electron chi connectivity index (χ4n) is 3.47. The van der Waals surface area contributed by atoms with Crippen LogP contribution in [-0.4, -0.2) is 18.4 Å². The minimum absolute atomic E-state index is 0.0353. The fourth-order valence-corrected chi connectivity index (χ4v) is 3.47. The molecule has 0 spiro atoms. The maximum absolute atomic E-state index is 12.4. The van der Waals surface area contributed by atoms with Crippen LogP contribution >= 0.6 is 0 Å². The topological polar surface area (TPSA) is 49.4 Å². The average Bonchev–Trinajstić information content (AvgIpc) is 2.93. The van der Waals surface area contributed by atoms with Crippen LogP contribution in [0.2, 0.25) is 0 Å². The van der Waals surface area contributed by atoms with Gasteiger partial charge >= 0.3 is 0 Å². The number of nitrogens with one attached hydrogen (secondary N) is 1. The van der Waals surface area contributed by atoms with Crippen molar-refractivity contribution in [1.82, 2.24) is 0 Å². The van der Waals surface area contributed by atoms with E-state index in [0.29, 0.717) is 6.54 Å². The first-order chi connectivity index (χ1) is 10.2. The summed E-state index contributed by atoms with van der Waals surface area (Å²) >= 11 is 0. The molecule has 0 radical (unpaired) electrons. The van der Waals surface area contributed by atoms with Gasteiger partial charge in [-0.1, -0.05) is 31.4 Å². The van der Waals surface area contributed by atoms with Crippen molar-refractivity contribution in [3.05, 3.63) is 23.8 Å². The smallest absolute Gasteiger partial charge is 0.227 e. The van der Waals surface area contributed by atoms with Gasteiger partial charge in [0.2, 0.25) is 11.8 Å². The Bertz CT molecular complexity index is 562. The van der Waals surface area contributed by atoms with Crippen LogP contribution in [0.5, 0.6) is 0 Å². The second-order valence-electron chi connectivity index (χ2n) is 6.06. The van der Waals surface area contributed by atoms with E-state index in [1.165, 1.54) is 6.42 Å². The molecule has 1 aliphatic carbocycles. The standard InChI is InChI=1S/C17H22N2O2/c1-12(20)19-11-10-13-8-5-9-15(16(13)19)18-17(21)14-6-3-2-4-7-14/h5,8-9,14H,2-4,6-7,10-11H2,1H3,(H,18,21). The third kappa shape index (κ3) is 2.80. The number of anilines is 2. The lowest BCUT2D eigenvalue weighted by molar-refractivity contribution is -0.120. The van der Waals surface area contributed by atoms with Crippen molar-refractivity contribution in [3.8, 4) is 0 Å². The molecule has 0 atom stereocenters. The zero-order valence-corrected chi connectivity index (χ0v) is 12.5. The zero-order valence-electron chi connectivity index (χ0n) is 12.5. The maximum Gasteiger partial charge on any atom is 0.227 e. The average molecular weight is 286 g/mol. The zero-order chi connectivity index (χ0) is 14.8. The Morgan fingerprint density at radius 3 is 2.67 bits per heavy atom. The summed E-state index contributed by atoms with van der Waals surface area (Å²) in [6, 6.07) is 5.90. The van der Waals surface area contributed by atoms with E-state index in [0.717, 1.165) is 49.0 Å². The van der Waals surface area contributed by atoms with Gasteiger partial charge in [0.25, 0.3) is 0 Å². The molecule has 1 aromatic carbocycles. The molecule has 1 aromatic rings. The summed E-state index contributed by atoms with van der Waals surface area (Å²) in [7, 11) is 0. The molecule has 21 heavy (non-hydrogen) atoms. The summed E-state index contributed by atoms with van der Waals surface area (Å²) < 4.78 is 0. The van der Waals surface area contributed by atoms with Crippen LogP contribution in [-0.2, 0) is 16.0 Å². The quantitative estimate of drug-likeness (QED) is 0.908. The Balaban J connectivity index is 1.81. The summed E-state index contributed by atoms with van der Waals surface area (Å²) in [5, 5.41) is 3.06. The molecule has 2 amide bonds. The monoisotopic (exact) mass is 286 g/mol. The predicted octanol–water partition coefficient (Wildman–Crippen LogP) is 3.11. The first-order valence-electron chi connectivity index (χ1n) is 7.87. The summed E-state index contributed by atoms with van der Waals surface area (Å²) in [4.78, 5) is 26.0.